The number of nitrogens with one attached hydrogen (secondary N) is 1. The summed E-state index contributed by atoms with van der Waals surface area (Å²) in [4.78, 5) is 12.6. The zero-order valence-corrected chi connectivity index (χ0v) is 19.0. The number of fused-ring (bicyclic) bond motifs is 1. The van der Waals surface area contributed by atoms with Gasteiger partial charge in [0.2, 0.25) is 0 Å². The van der Waals surface area contributed by atoms with E-state index in [-0.39, 0.29) is 6.61 Å². The van der Waals surface area contributed by atoms with Gasteiger partial charge in [-0.3, -0.25) is 4.79 Å². The SMILES string of the molecule is CSCCC(NP(=O)(Cl)Oc1cccc2ccccc12)C(=O)OCc1ccccc1. The standard InChI is InChI=1S/C22H23ClNO4PS/c1-30-15-14-20(22(25)27-16-17-8-3-2-4-9-17)24-29(23,26)28-21-13-7-11-18-10-5-6-12-19(18)21/h2-13,20H,14-16H2,1H3,(H,24,26). The molecule has 0 radical (unpaired) electrons. The van der Waals surface area contributed by atoms with E-state index in [0.717, 1.165) is 16.3 Å². The van der Waals surface area contributed by atoms with Crippen LogP contribution in [0.25, 0.3) is 10.8 Å². The molecule has 2 atom stereocenters. The molecule has 0 saturated carbocycles. The van der Waals surface area contributed by atoms with Crippen LogP contribution in [0.5, 0.6) is 5.75 Å². The average Bonchev–Trinajstić information content (AvgIpc) is 2.75. The number of esters is 1. The lowest BCUT2D eigenvalue weighted by atomic mass is 10.1. The van der Waals surface area contributed by atoms with Crippen molar-refractivity contribution < 1.29 is 18.6 Å². The lowest BCUT2D eigenvalue weighted by Gasteiger charge is -2.21. The molecule has 8 heteroatoms. The zero-order valence-electron chi connectivity index (χ0n) is 16.5. The van der Waals surface area contributed by atoms with Crippen LogP contribution in [0.3, 0.4) is 0 Å². The molecule has 3 aromatic rings. The summed E-state index contributed by atoms with van der Waals surface area (Å²) in [5.41, 5.74) is 0.871. The highest BCUT2D eigenvalue weighted by molar-refractivity contribution is 7.98. The van der Waals surface area contributed by atoms with Crippen LogP contribution >= 0.6 is 29.9 Å². The minimum absolute atomic E-state index is 0.133. The van der Waals surface area contributed by atoms with Crippen LogP contribution in [-0.2, 0) is 20.7 Å². The van der Waals surface area contributed by atoms with Gasteiger partial charge in [0.25, 0.3) is 0 Å². The molecule has 0 amide bonds. The Morgan fingerprint density at radius 3 is 2.53 bits per heavy atom. The molecule has 0 saturated heterocycles. The van der Waals surface area contributed by atoms with Crippen LogP contribution in [0.2, 0.25) is 0 Å². The first-order valence-corrected chi connectivity index (χ1v) is 13.4. The molecule has 0 aliphatic carbocycles. The van der Waals surface area contributed by atoms with Gasteiger partial charge in [0.1, 0.15) is 18.4 Å². The number of hydrogen-bond donors (Lipinski definition) is 1. The van der Waals surface area contributed by atoms with Crippen molar-refractivity contribution in [2.45, 2.75) is 19.1 Å². The molecule has 0 aromatic heterocycles. The molecule has 3 aromatic carbocycles. The fourth-order valence-electron chi connectivity index (χ4n) is 2.91. The molecule has 1 N–H and O–H groups in total. The number of benzene rings is 3. The van der Waals surface area contributed by atoms with Crippen LogP contribution in [0.4, 0.5) is 0 Å². The minimum Gasteiger partial charge on any atom is -0.460 e. The Hall–Kier alpha value is -1.98. The molecule has 158 valence electrons. The number of thioether (sulfide) groups is 1. The number of carbonyl (C=O) groups is 1. The second-order valence-electron chi connectivity index (χ2n) is 6.60. The highest BCUT2D eigenvalue weighted by Gasteiger charge is 2.31. The predicted octanol–water partition coefficient (Wildman–Crippen LogP) is 6.02. The van der Waals surface area contributed by atoms with Gasteiger partial charge in [0.05, 0.1) is 0 Å². The molecule has 0 spiro atoms. The summed E-state index contributed by atoms with van der Waals surface area (Å²) in [6.07, 6.45) is 2.34. The van der Waals surface area contributed by atoms with E-state index in [0.29, 0.717) is 17.9 Å². The van der Waals surface area contributed by atoms with Gasteiger partial charge >= 0.3 is 12.8 Å². The monoisotopic (exact) mass is 463 g/mol. The lowest BCUT2D eigenvalue weighted by molar-refractivity contribution is -0.147. The molecular weight excluding hydrogens is 441 g/mol. The molecule has 30 heavy (non-hydrogen) atoms. The van der Waals surface area contributed by atoms with Gasteiger partial charge in [-0.2, -0.15) is 11.8 Å². The van der Waals surface area contributed by atoms with Crippen molar-refractivity contribution in [3.8, 4) is 5.75 Å². The Labute approximate surface area is 185 Å². The summed E-state index contributed by atoms with van der Waals surface area (Å²) in [5.74, 6) is 0.541. The quantitative estimate of drug-likeness (QED) is 0.293. The fraction of sp³-hybridized carbons (Fsp3) is 0.227. The van der Waals surface area contributed by atoms with Crippen molar-refractivity contribution in [1.29, 1.82) is 0 Å². The number of rotatable bonds is 10. The Balaban J connectivity index is 1.70. The maximum atomic E-state index is 13.0. The molecular formula is C22H23ClNO4PS. The van der Waals surface area contributed by atoms with Crippen LogP contribution in [0.15, 0.2) is 72.8 Å². The van der Waals surface area contributed by atoms with Crippen molar-refractivity contribution in [3.63, 3.8) is 0 Å². The van der Waals surface area contributed by atoms with Crippen LogP contribution in [-0.4, -0.2) is 24.0 Å². The van der Waals surface area contributed by atoms with Crippen LogP contribution < -0.4 is 9.61 Å². The van der Waals surface area contributed by atoms with Gasteiger partial charge in [0.15, 0.2) is 0 Å². The summed E-state index contributed by atoms with van der Waals surface area (Å²) < 4.78 is 24.0. The molecule has 5 nitrogen and oxygen atoms in total. The highest BCUT2D eigenvalue weighted by Crippen LogP contribution is 2.50. The molecule has 0 fully saturated rings. The first-order chi connectivity index (χ1) is 14.5. The van der Waals surface area contributed by atoms with E-state index in [1.165, 1.54) is 0 Å². The largest absolute Gasteiger partial charge is 0.460 e. The van der Waals surface area contributed by atoms with Crippen molar-refractivity contribution in [1.82, 2.24) is 5.09 Å². The van der Waals surface area contributed by atoms with Gasteiger partial charge in [-0.05, 0) is 35.4 Å². The third kappa shape index (κ3) is 6.51. The Bertz CT molecular complexity index is 1030. The summed E-state index contributed by atoms with van der Waals surface area (Å²) in [5, 5.41) is 4.41. The number of halogens is 1. The van der Waals surface area contributed by atoms with Gasteiger partial charge in [-0.1, -0.05) is 66.7 Å². The molecule has 0 aliphatic rings. The van der Waals surface area contributed by atoms with E-state index in [1.807, 2.05) is 66.9 Å². The summed E-state index contributed by atoms with van der Waals surface area (Å²) in [7, 11) is 0. The molecule has 0 heterocycles. The maximum Gasteiger partial charge on any atom is 0.409 e. The molecule has 3 rings (SSSR count). The van der Waals surface area contributed by atoms with Gasteiger partial charge in [0, 0.05) is 16.6 Å². The van der Waals surface area contributed by atoms with E-state index >= 15 is 0 Å². The number of carbonyl (C=O) groups excluding carboxylic acids is 1. The fourth-order valence-corrected chi connectivity index (χ4v) is 5.03. The topological polar surface area (TPSA) is 64.6 Å². The minimum atomic E-state index is -3.85. The maximum absolute atomic E-state index is 13.0. The van der Waals surface area contributed by atoms with Crippen molar-refractivity contribution in [3.05, 3.63) is 78.4 Å². The Morgan fingerprint density at radius 2 is 1.77 bits per heavy atom. The lowest BCUT2D eigenvalue weighted by Crippen LogP contribution is -2.36. The van der Waals surface area contributed by atoms with Crippen LogP contribution in [0.1, 0.15) is 12.0 Å². The second-order valence-corrected chi connectivity index (χ2v) is 10.3. The summed E-state index contributed by atoms with van der Waals surface area (Å²) in [6.45, 7) is -3.72. The van der Waals surface area contributed by atoms with E-state index in [9.17, 15) is 9.36 Å². The third-order valence-corrected chi connectivity index (χ3v) is 6.59. The number of hydrogen-bond acceptors (Lipinski definition) is 5. The zero-order chi connectivity index (χ0) is 21.4. The molecule has 2 unspecified atom stereocenters. The highest BCUT2D eigenvalue weighted by atomic mass is 35.7. The predicted molar refractivity (Wildman–Crippen MR) is 124 cm³/mol. The van der Waals surface area contributed by atoms with Gasteiger partial charge < -0.3 is 9.26 Å². The van der Waals surface area contributed by atoms with E-state index in [2.05, 4.69) is 5.09 Å². The first kappa shape index (κ1) is 22.7. The normalized spacial score (nSPS) is 14.1. The summed E-state index contributed by atoms with van der Waals surface area (Å²) >= 11 is 7.79. The summed E-state index contributed by atoms with van der Waals surface area (Å²) in [6, 6.07) is 21.5. The van der Waals surface area contributed by atoms with Crippen LogP contribution in [0, 0.1) is 0 Å². The second kappa shape index (κ2) is 10.9. The average molecular weight is 464 g/mol. The van der Waals surface area contributed by atoms with Crippen molar-refractivity contribution in [2.75, 3.05) is 12.0 Å². The van der Waals surface area contributed by atoms with Crippen molar-refractivity contribution >= 4 is 46.6 Å². The first-order valence-electron chi connectivity index (χ1n) is 9.43. The molecule has 0 aliphatic heterocycles. The third-order valence-electron chi connectivity index (χ3n) is 4.39. The van der Waals surface area contributed by atoms with E-state index in [4.69, 9.17) is 20.5 Å². The number of ether oxygens (including phenoxy) is 1. The van der Waals surface area contributed by atoms with E-state index in [1.54, 1.807) is 23.9 Å². The van der Waals surface area contributed by atoms with Gasteiger partial charge in [-0.25, -0.2) is 9.65 Å². The van der Waals surface area contributed by atoms with E-state index < -0.39 is 18.9 Å². The Morgan fingerprint density at radius 1 is 1.07 bits per heavy atom. The Kier molecular flexibility index (Phi) is 8.23. The molecule has 0 bridgehead atoms. The smallest absolute Gasteiger partial charge is 0.409 e. The van der Waals surface area contributed by atoms with Crippen molar-refractivity contribution in [2.24, 2.45) is 0 Å². The van der Waals surface area contributed by atoms with Gasteiger partial charge in [-0.15, -0.1) is 0 Å².